The molecule has 1 aliphatic carbocycles. The van der Waals surface area contributed by atoms with Crippen LogP contribution in [0.3, 0.4) is 0 Å². The van der Waals surface area contributed by atoms with Crippen molar-refractivity contribution in [3.8, 4) is 0 Å². The summed E-state index contributed by atoms with van der Waals surface area (Å²) in [7, 11) is -1.72. The second-order valence-corrected chi connectivity index (χ2v) is 13.3. The van der Waals surface area contributed by atoms with Gasteiger partial charge in [-0.15, -0.1) is 23.2 Å². The highest BCUT2D eigenvalue weighted by atomic mass is 35.5. The zero-order valence-corrected chi connectivity index (χ0v) is 23.8. The Labute approximate surface area is 239 Å². The summed E-state index contributed by atoms with van der Waals surface area (Å²) in [6, 6.07) is 9.13. The predicted molar refractivity (Wildman–Crippen MR) is 144 cm³/mol. The summed E-state index contributed by atoms with van der Waals surface area (Å²) in [6.45, 7) is 1.62. The maximum atomic E-state index is 13.0. The Kier molecular flexibility index (Phi) is 9.90. The second kappa shape index (κ2) is 12.0. The van der Waals surface area contributed by atoms with Gasteiger partial charge in [0.05, 0.1) is 17.4 Å². The van der Waals surface area contributed by atoms with Crippen molar-refractivity contribution in [2.45, 2.75) is 36.2 Å². The van der Waals surface area contributed by atoms with Crippen LogP contribution in [0, 0.1) is 11.8 Å². The number of carbonyl (C=O) groups excluding carboxylic acids is 2. The first-order valence-corrected chi connectivity index (χ1v) is 14.4. The number of anilines is 1. The van der Waals surface area contributed by atoms with Crippen LogP contribution in [0.5, 0.6) is 0 Å². The molecule has 4 nitrogen and oxygen atoms in total. The Hall–Kier alpha value is -1.03. The third kappa shape index (κ3) is 8.23. The zero-order chi connectivity index (χ0) is 27.7. The Bertz CT molecular complexity index is 1200. The fourth-order valence-corrected chi connectivity index (χ4v) is 6.95. The minimum Gasteiger partial charge on any atom is -0.326 e. The van der Waals surface area contributed by atoms with Crippen LogP contribution >= 0.6 is 58.0 Å². The van der Waals surface area contributed by atoms with Crippen molar-refractivity contribution < 1.29 is 27.0 Å². The lowest BCUT2D eigenvalue weighted by molar-refractivity contribution is -0.129. The fourth-order valence-electron chi connectivity index (χ4n) is 3.97. The van der Waals surface area contributed by atoms with E-state index in [0.29, 0.717) is 15.6 Å². The lowest BCUT2D eigenvalue weighted by atomic mass is 10.0. The quantitative estimate of drug-likeness (QED) is 0.212. The summed E-state index contributed by atoms with van der Waals surface area (Å²) in [4.78, 5) is 25.8. The Morgan fingerprint density at radius 1 is 1.08 bits per heavy atom. The lowest BCUT2D eigenvalue weighted by Gasteiger charge is -2.13. The van der Waals surface area contributed by atoms with Crippen LogP contribution in [0.2, 0.25) is 15.1 Å². The SMILES string of the molecule is C[C@@H](CC(=O)c1cc(NC(=O)C2C(c3cc(Cl)cc(Cl)c3)C2(Cl)Cl)ccc1Cl)CS(=O)CCC(F)(F)F. The highest BCUT2D eigenvalue weighted by Gasteiger charge is 2.67. The molecule has 1 fully saturated rings. The van der Waals surface area contributed by atoms with Crippen molar-refractivity contribution in [1.29, 1.82) is 0 Å². The van der Waals surface area contributed by atoms with Crippen molar-refractivity contribution in [3.63, 3.8) is 0 Å². The number of carbonyl (C=O) groups is 2. The van der Waals surface area contributed by atoms with E-state index in [0.717, 1.165) is 0 Å². The Balaban J connectivity index is 1.65. The number of hydrogen-bond donors (Lipinski definition) is 1. The minimum absolute atomic E-state index is 0.0556. The van der Waals surface area contributed by atoms with Gasteiger partial charge in [0, 0.05) is 55.9 Å². The molecule has 0 aliphatic heterocycles. The van der Waals surface area contributed by atoms with E-state index in [-0.39, 0.29) is 28.4 Å². The smallest absolute Gasteiger partial charge is 0.326 e. The number of amides is 1. The number of ketones is 1. The summed E-state index contributed by atoms with van der Waals surface area (Å²) < 4.78 is 47.6. The molecule has 1 aliphatic rings. The van der Waals surface area contributed by atoms with Crippen molar-refractivity contribution in [3.05, 3.63) is 62.6 Å². The van der Waals surface area contributed by atoms with Gasteiger partial charge >= 0.3 is 6.18 Å². The fraction of sp³-hybridized carbons (Fsp3) is 0.417. The van der Waals surface area contributed by atoms with E-state index in [2.05, 4.69) is 5.32 Å². The molecule has 202 valence electrons. The number of nitrogens with one attached hydrogen (secondary N) is 1. The number of halogens is 8. The summed E-state index contributed by atoms with van der Waals surface area (Å²) in [5.41, 5.74) is 0.999. The molecular weight excluding hydrogens is 617 g/mol. The van der Waals surface area contributed by atoms with Gasteiger partial charge in [0.15, 0.2) is 5.78 Å². The lowest BCUT2D eigenvalue weighted by Crippen LogP contribution is -2.19. The topological polar surface area (TPSA) is 63.2 Å². The Morgan fingerprint density at radius 3 is 2.30 bits per heavy atom. The van der Waals surface area contributed by atoms with Crippen molar-refractivity contribution in [2.75, 3.05) is 16.8 Å². The number of hydrogen-bond acceptors (Lipinski definition) is 3. The molecule has 0 saturated heterocycles. The van der Waals surface area contributed by atoms with Gasteiger partial charge in [0.2, 0.25) is 5.91 Å². The molecule has 0 bridgehead atoms. The van der Waals surface area contributed by atoms with Crippen molar-refractivity contribution >= 4 is 86.2 Å². The van der Waals surface area contributed by atoms with Gasteiger partial charge in [0.1, 0.15) is 4.33 Å². The van der Waals surface area contributed by atoms with Crippen LogP contribution in [0.15, 0.2) is 36.4 Å². The third-order valence-electron chi connectivity index (χ3n) is 5.73. The molecule has 0 aromatic heterocycles. The number of alkyl halides is 5. The maximum absolute atomic E-state index is 13.0. The molecule has 0 spiro atoms. The predicted octanol–water partition coefficient (Wildman–Crippen LogP) is 8.08. The molecule has 1 N–H and O–H groups in total. The molecular formula is C24H21Cl5F3NO3S. The molecule has 2 aromatic carbocycles. The standard InChI is InChI=1S/C24H21Cl5F3NO3S/c1-12(11-37(36)5-4-23(30,31)32)6-19(34)17-10-16(2-3-18(17)27)33-22(35)21-20(24(21,28)29)13-7-14(25)9-15(26)8-13/h2-3,7-10,12,20-21H,4-6,11H2,1H3,(H,33,35)/t12-,20?,21?,37?/m0/s1. The molecule has 0 radical (unpaired) electrons. The summed E-state index contributed by atoms with van der Waals surface area (Å²) >= 11 is 31.1. The van der Waals surface area contributed by atoms with Gasteiger partial charge in [0.25, 0.3) is 0 Å². The van der Waals surface area contributed by atoms with Gasteiger partial charge in [-0.05, 0) is 47.9 Å². The highest BCUT2D eigenvalue weighted by molar-refractivity contribution is 7.84. The maximum Gasteiger partial charge on any atom is 0.390 e. The first-order valence-electron chi connectivity index (χ1n) is 11.0. The number of rotatable bonds is 10. The molecule has 3 rings (SSSR count). The first-order chi connectivity index (χ1) is 17.1. The molecule has 37 heavy (non-hydrogen) atoms. The molecule has 1 amide bonds. The van der Waals surface area contributed by atoms with Crippen LogP contribution in [0.1, 0.15) is 41.6 Å². The average Bonchev–Trinajstić information content (AvgIpc) is 3.34. The third-order valence-corrected chi connectivity index (χ3v) is 9.04. The molecule has 4 atom stereocenters. The average molecular weight is 638 g/mol. The van der Waals surface area contributed by atoms with Crippen molar-refractivity contribution in [1.82, 2.24) is 0 Å². The molecule has 1 saturated carbocycles. The highest BCUT2D eigenvalue weighted by Crippen LogP contribution is 2.65. The molecule has 0 heterocycles. The minimum atomic E-state index is -4.39. The first kappa shape index (κ1) is 30.5. The van der Waals surface area contributed by atoms with E-state index in [9.17, 15) is 27.0 Å². The van der Waals surface area contributed by atoms with Crippen LogP contribution in [-0.2, 0) is 15.6 Å². The van der Waals surface area contributed by atoms with Gasteiger partial charge < -0.3 is 5.32 Å². The number of Topliss-reactive ketones (excluding diaryl/α,β-unsaturated/α-hetero) is 1. The van der Waals surface area contributed by atoms with E-state index in [1.54, 1.807) is 25.1 Å². The van der Waals surface area contributed by atoms with E-state index >= 15 is 0 Å². The van der Waals surface area contributed by atoms with Gasteiger partial charge in [-0.2, -0.15) is 13.2 Å². The van der Waals surface area contributed by atoms with Crippen LogP contribution in [0.25, 0.3) is 0 Å². The van der Waals surface area contributed by atoms with Crippen molar-refractivity contribution in [2.24, 2.45) is 11.8 Å². The number of benzene rings is 2. The van der Waals surface area contributed by atoms with Gasteiger partial charge in [-0.1, -0.05) is 41.7 Å². The van der Waals surface area contributed by atoms with Crippen LogP contribution in [0.4, 0.5) is 18.9 Å². The van der Waals surface area contributed by atoms with E-state index in [1.165, 1.54) is 18.2 Å². The molecule has 2 aromatic rings. The second-order valence-electron chi connectivity index (χ2n) is 8.92. The summed E-state index contributed by atoms with van der Waals surface area (Å²) in [5, 5.41) is 3.57. The van der Waals surface area contributed by atoms with E-state index in [4.69, 9.17) is 58.0 Å². The molecule has 13 heteroatoms. The monoisotopic (exact) mass is 635 g/mol. The summed E-state index contributed by atoms with van der Waals surface area (Å²) in [6.07, 6.45) is -5.62. The van der Waals surface area contributed by atoms with Gasteiger partial charge in [-0.3, -0.25) is 13.8 Å². The summed E-state index contributed by atoms with van der Waals surface area (Å²) in [5.74, 6) is -3.27. The van der Waals surface area contributed by atoms with E-state index in [1.807, 2.05) is 0 Å². The van der Waals surface area contributed by atoms with Crippen LogP contribution in [-0.4, -0.2) is 37.9 Å². The normalized spacial score (nSPS) is 20.2. The van der Waals surface area contributed by atoms with E-state index < -0.39 is 62.9 Å². The van der Waals surface area contributed by atoms with Gasteiger partial charge in [-0.25, -0.2) is 0 Å². The molecule has 3 unspecified atom stereocenters. The Morgan fingerprint density at radius 2 is 1.70 bits per heavy atom. The largest absolute Gasteiger partial charge is 0.390 e. The zero-order valence-electron chi connectivity index (χ0n) is 19.2. The van der Waals surface area contributed by atoms with Crippen LogP contribution < -0.4 is 5.32 Å².